The molecule has 0 unspecified atom stereocenters. The number of rotatable bonds is 4. The molecule has 98 valence electrons. The molecule has 2 rings (SSSR count). The molecule has 0 fully saturated rings. The van der Waals surface area contributed by atoms with E-state index in [1.165, 1.54) is 16.6 Å². The fourth-order valence-electron chi connectivity index (χ4n) is 2.35. The summed E-state index contributed by atoms with van der Waals surface area (Å²) in [6.45, 7) is 4.53. The summed E-state index contributed by atoms with van der Waals surface area (Å²) < 4.78 is 2.15. The van der Waals surface area contributed by atoms with Gasteiger partial charge in [0.25, 0.3) is 0 Å². The Labute approximate surface area is 109 Å². The molecular formula is C15H22N2O. The number of aliphatic hydroxyl groups is 1. The minimum absolute atomic E-state index is 0.0567. The molecule has 0 bridgehead atoms. The van der Waals surface area contributed by atoms with Gasteiger partial charge in [0.1, 0.15) is 0 Å². The van der Waals surface area contributed by atoms with Crippen molar-refractivity contribution in [2.24, 2.45) is 7.05 Å². The van der Waals surface area contributed by atoms with Gasteiger partial charge < -0.3 is 14.6 Å². The maximum Gasteiger partial charge on any atom is 0.0627 e. The predicted molar refractivity (Wildman–Crippen MR) is 77.1 cm³/mol. The average Bonchev–Trinajstić information content (AvgIpc) is 2.66. The second-order valence-corrected chi connectivity index (χ2v) is 5.49. The highest BCUT2D eigenvalue weighted by molar-refractivity contribution is 5.93. The topological polar surface area (TPSA) is 28.4 Å². The second-order valence-electron chi connectivity index (χ2n) is 5.49. The maximum absolute atomic E-state index is 9.18. The lowest BCUT2D eigenvalue weighted by Crippen LogP contribution is -2.41. The number of aromatic nitrogens is 1. The maximum atomic E-state index is 9.18. The van der Waals surface area contributed by atoms with E-state index in [4.69, 9.17) is 0 Å². The Bertz CT molecular complexity index is 542. The molecule has 0 aliphatic carbocycles. The highest BCUT2D eigenvalue weighted by Crippen LogP contribution is 2.32. The van der Waals surface area contributed by atoms with Crippen molar-refractivity contribution < 1.29 is 5.11 Å². The van der Waals surface area contributed by atoms with Crippen molar-refractivity contribution in [1.82, 2.24) is 4.57 Å². The van der Waals surface area contributed by atoms with E-state index < -0.39 is 0 Å². The summed E-state index contributed by atoms with van der Waals surface area (Å²) in [5.41, 5.74) is 2.39. The molecule has 0 aliphatic rings. The van der Waals surface area contributed by atoms with Crippen molar-refractivity contribution in [2.75, 3.05) is 18.6 Å². The van der Waals surface area contributed by atoms with Crippen LogP contribution in [0.3, 0.4) is 0 Å². The summed E-state index contributed by atoms with van der Waals surface area (Å²) in [6.07, 6.45) is 2.91. The van der Waals surface area contributed by atoms with Gasteiger partial charge in [0.2, 0.25) is 0 Å². The fraction of sp³-hybridized carbons (Fsp3) is 0.467. The van der Waals surface area contributed by atoms with Crippen LogP contribution >= 0.6 is 0 Å². The zero-order chi connectivity index (χ0) is 13.3. The molecule has 0 spiro atoms. The first kappa shape index (κ1) is 13.0. The zero-order valence-electron chi connectivity index (χ0n) is 11.6. The standard InChI is InChI=1S/C15H22N2O/c1-15(2,9-10-18)17(4)14-11-16(3)13-8-6-5-7-12(13)14/h5-8,11,18H,9-10H2,1-4H3. The quantitative estimate of drug-likeness (QED) is 0.898. The van der Waals surface area contributed by atoms with Gasteiger partial charge in [0, 0.05) is 43.3 Å². The Balaban J connectivity index is 2.48. The monoisotopic (exact) mass is 246 g/mol. The molecule has 2 aromatic rings. The summed E-state index contributed by atoms with van der Waals surface area (Å²) >= 11 is 0. The van der Waals surface area contributed by atoms with Crippen molar-refractivity contribution in [3.63, 3.8) is 0 Å². The van der Waals surface area contributed by atoms with E-state index in [0.717, 1.165) is 6.42 Å². The number of para-hydroxylation sites is 1. The zero-order valence-corrected chi connectivity index (χ0v) is 11.6. The van der Waals surface area contributed by atoms with Crippen molar-refractivity contribution in [2.45, 2.75) is 25.8 Å². The third kappa shape index (κ3) is 2.10. The van der Waals surface area contributed by atoms with Crippen LogP contribution in [0.4, 0.5) is 5.69 Å². The van der Waals surface area contributed by atoms with Crippen LogP contribution in [0.25, 0.3) is 10.9 Å². The Kier molecular flexibility index (Phi) is 3.35. The SMILES string of the molecule is CN(c1cn(C)c2ccccc12)C(C)(C)CCO. The van der Waals surface area contributed by atoms with Gasteiger partial charge in [-0.25, -0.2) is 0 Å². The van der Waals surface area contributed by atoms with Crippen molar-refractivity contribution in [1.29, 1.82) is 0 Å². The number of aryl methyl sites for hydroxylation is 1. The molecule has 0 radical (unpaired) electrons. The van der Waals surface area contributed by atoms with Crippen LogP contribution < -0.4 is 4.90 Å². The largest absolute Gasteiger partial charge is 0.396 e. The average molecular weight is 246 g/mol. The number of hydrogen-bond donors (Lipinski definition) is 1. The van der Waals surface area contributed by atoms with Crippen LogP contribution in [0.15, 0.2) is 30.5 Å². The van der Waals surface area contributed by atoms with Gasteiger partial charge >= 0.3 is 0 Å². The molecule has 1 N–H and O–H groups in total. The molecule has 18 heavy (non-hydrogen) atoms. The van der Waals surface area contributed by atoms with Gasteiger partial charge in [0.05, 0.1) is 5.69 Å². The summed E-state index contributed by atoms with van der Waals surface area (Å²) in [4.78, 5) is 2.26. The van der Waals surface area contributed by atoms with E-state index in [0.29, 0.717) is 0 Å². The van der Waals surface area contributed by atoms with Gasteiger partial charge in [0.15, 0.2) is 0 Å². The molecule has 0 aliphatic heterocycles. The minimum atomic E-state index is -0.0567. The van der Waals surface area contributed by atoms with Gasteiger partial charge in [-0.3, -0.25) is 0 Å². The molecule has 0 amide bonds. The third-order valence-electron chi connectivity index (χ3n) is 3.87. The summed E-state index contributed by atoms with van der Waals surface area (Å²) in [5, 5.41) is 10.4. The Morgan fingerprint density at radius 1 is 1.28 bits per heavy atom. The first-order chi connectivity index (χ1) is 8.47. The molecule has 1 heterocycles. The van der Waals surface area contributed by atoms with Crippen LogP contribution in [0.2, 0.25) is 0 Å². The summed E-state index contributed by atoms with van der Waals surface area (Å²) in [6, 6.07) is 8.41. The van der Waals surface area contributed by atoms with E-state index in [9.17, 15) is 5.11 Å². The molecule has 0 saturated heterocycles. The molecule has 0 atom stereocenters. The number of nitrogens with zero attached hydrogens (tertiary/aromatic N) is 2. The molecule has 3 nitrogen and oxygen atoms in total. The van der Waals surface area contributed by atoms with E-state index in [-0.39, 0.29) is 12.1 Å². The number of fused-ring (bicyclic) bond motifs is 1. The normalized spacial score (nSPS) is 12.1. The van der Waals surface area contributed by atoms with Crippen LogP contribution in [-0.4, -0.2) is 28.9 Å². The molecule has 1 aromatic carbocycles. The highest BCUT2D eigenvalue weighted by Gasteiger charge is 2.25. The highest BCUT2D eigenvalue weighted by atomic mass is 16.3. The second kappa shape index (κ2) is 4.65. The lowest BCUT2D eigenvalue weighted by molar-refractivity contribution is 0.250. The van der Waals surface area contributed by atoms with Gasteiger partial charge in [-0.15, -0.1) is 0 Å². The van der Waals surface area contributed by atoms with E-state index >= 15 is 0 Å². The van der Waals surface area contributed by atoms with E-state index in [1.54, 1.807) is 0 Å². The number of anilines is 1. The summed E-state index contributed by atoms with van der Waals surface area (Å²) in [7, 11) is 4.16. The number of hydrogen-bond acceptors (Lipinski definition) is 2. The molecule has 0 saturated carbocycles. The smallest absolute Gasteiger partial charge is 0.0627 e. The van der Waals surface area contributed by atoms with E-state index in [2.05, 4.69) is 67.9 Å². The Morgan fingerprint density at radius 3 is 2.61 bits per heavy atom. The molecule has 1 aromatic heterocycles. The lowest BCUT2D eigenvalue weighted by Gasteiger charge is -2.36. The lowest BCUT2D eigenvalue weighted by atomic mass is 9.98. The van der Waals surface area contributed by atoms with Crippen molar-refractivity contribution in [3.8, 4) is 0 Å². The number of aliphatic hydroxyl groups excluding tert-OH is 1. The van der Waals surface area contributed by atoms with Crippen molar-refractivity contribution in [3.05, 3.63) is 30.5 Å². The molecular weight excluding hydrogens is 224 g/mol. The first-order valence-corrected chi connectivity index (χ1v) is 6.36. The van der Waals surface area contributed by atoms with Gasteiger partial charge in [-0.1, -0.05) is 18.2 Å². The third-order valence-corrected chi connectivity index (χ3v) is 3.87. The number of benzene rings is 1. The van der Waals surface area contributed by atoms with Crippen LogP contribution in [-0.2, 0) is 7.05 Å². The Morgan fingerprint density at radius 2 is 1.94 bits per heavy atom. The molecule has 3 heteroatoms. The van der Waals surface area contributed by atoms with Gasteiger partial charge in [-0.05, 0) is 26.3 Å². The van der Waals surface area contributed by atoms with Crippen LogP contribution in [0.5, 0.6) is 0 Å². The van der Waals surface area contributed by atoms with E-state index in [1.807, 2.05) is 0 Å². The van der Waals surface area contributed by atoms with Crippen LogP contribution in [0.1, 0.15) is 20.3 Å². The first-order valence-electron chi connectivity index (χ1n) is 6.36. The van der Waals surface area contributed by atoms with Gasteiger partial charge in [-0.2, -0.15) is 0 Å². The fourth-order valence-corrected chi connectivity index (χ4v) is 2.35. The minimum Gasteiger partial charge on any atom is -0.396 e. The Hall–Kier alpha value is -1.48. The van der Waals surface area contributed by atoms with Crippen molar-refractivity contribution >= 4 is 16.6 Å². The summed E-state index contributed by atoms with van der Waals surface area (Å²) in [5.74, 6) is 0. The van der Waals surface area contributed by atoms with Crippen LogP contribution in [0, 0.1) is 0 Å². The predicted octanol–water partition coefficient (Wildman–Crippen LogP) is 2.78.